The second-order valence-electron chi connectivity index (χ2n) is 9.65. The largest absolute Gasteiger partial charge is 0.513 e. The number of hydrogen-bond acceptors (Lipinski definition) is 3. The number of aromatic nitrogens is 1. The molecule has 1 heterocycles. The van der Waals surface area contributed by atoms with Crippen molar-refractivity contribution in [3.05, 3.63) is 102 Å². The van der Waals surface area contributed by atoms with Crippen molar-refractivity contribution >= 4 is 32.3 Å². The first-order valence-electron chi connectivity index (χ1n) is 12.3. The van der Waals surface area contributed by atoms with Gasteiger partial charge >= 0.3 is 6.18 Å². The second-order valence-corrected chi connectivity index (χ2v) is 9.65. The third kappa shape index (κ3) is 6.85. The number of halogens is 3. The van der Waals surface area contributed by atoms with Crippen LogP contribution in [0.3, 0.4) is 0 Å². The van der Waals surface area contributed by atoms with Gasteiger partial charge in [-0.2, -0.15) is 13.2 Å². The third-order valence-corrected chi connectivity index (χ3v) is 6.25. The van der Waals surface area contributed by atoms with Gasteiger partial charge < -0.3 is 10.2 Å². The van der Waals surface area contributed by atoms with Gasteiger partial charge in [0.15, 0.2) is 0 Å². The Morgan fingerprint density at radius 3 is 2.26 bits per heavy atom. The maximum atomic E-state index is 14.2. The van der Waals surface area contributed by atoms with Crippen LogP contribution in [-0.2, 0) is 26.3 Å². The van der Waals surface area contributed by atoms with E-state index in [9.17, 15) is 13.2 Å². The van der Waals surface area contributed by atoms with Crippen LogP contribution in [0.5, 0.6) is 0 Å². The van der Waals surface area contributed by atoms with E-state index in [1.807, 2.05) is 36.4 Å². The van der Waals surface area contributed by atoms with Crippen molar-refractivity contribution in [2.24, 2.45) is 0 Å². The zero-order valence-electron chi connectivity index (χ0n) is 22.0. The van der Waals surface area contributed by atoms with Crippen molar-refractivity contribution in [2.45, 2.75) is 45.9 Å². The molecule has 0 spiro atoms. The Balaban J connectivity index is 0.000000468. The van der Waals surface area contributed by atoms with E-state index in [-0.39, 0.29) is 31.3 Å². The molecule has 3 nitrogen and oxygen atoms in total. The number of hydrogen-bond donors (Lipinski definition) is 2. The molecule has 0 aliphatic carbocycles. The fourth-order valence-electron chi connectivity index (χ4n) is 4.53. The summed E-state index contributed by atoms with van der Waals surface area (Å²) in [6, 6.07) is 23.0. The predicted molar refractivity (Wildman–Crippen MR) is 148 cm³/mol. The third-order valence-electron chi connectivity index (χ3n) is 6.25. The van der Waals surface area contributed by atoms with E-state index in [4.69, 9.17) is 10.2 Å². The second kappa shape index (κ2) is 12.3. The number of aliphatic hydroxyl groups excluding tert-OH is 2. The van der Waals surface area contributed by atoms with Crippen LogP contribution in [0, 0.1) is 6.07 Å². The van der Waals surface area contributed by atoms with Gasteiger partial charge in [-0.15, -0.1) is 23.6 Å². The van der Waals surface area contributed by atoms with Gasteiger partial charge in [0.05, 0.1) is 11.9 Å². The summed E-state index contributed by atoms with van der Waals surface area (Å²) in [6.45, 7) is 7.33. The van der Waals surface area contributed by atoms with E-state index in [1.54, 1.807) is 31.3 Å². The molecule has 205 valence electrons. The zero-order chi connectivity index (χ0) is 27.6. The summed E-state index contributed by atoms with van der Waals surface area (Å²) in [4.78, 5) is 4.45. The summed E-state index contributed by atoms with van der Waals surface area (Å²) >= 11 is 0. The number of pyridine rings is 1. The summed E-state index contributed by atoms with van der Waals surface area (Å²) in [6.07, 6.45) is -2.03. The molecule has 0 aliphatic heterocycles. The molecule has 4 aromatic carbocycles. The zero-order valence-corrected chi connectivity index (χ0v) is 24.4. The number of alkyl halides is 3. The quantitative estimate of drug-likeness (QED) is 0.112. The summed E-state index contributed by atoms with van der Waals surface area (Å²) in [7, 11) is 0. The first kappa shape index (κ1) is 30.3. The fraction of sp³-hybridized carbons (Fsp3) is 0.219. The first-order valence-corrected chi connectivity index (χ1v) is 12.3. The van der Waals surface area contributed by atoms with Crippen molar-refractivity contribution in [1.29, 1.82) is 0 Å². The smallest absolute Gasteiger partial charge is 0.403 e. The molecule has 0 aliphatic rings. The minimum atomic E-state index is -4.50. The van der Waals surface area contributed by atoms with Gasteiger partial charge in [-0.1, -0.05) is 73.3 Å². The minimum absolute atomic E-state index is 0. The average Bonchev–Trinajstić information content (AvgIpc) is 2.86. The molecule has 0 bridgehead atoms. The van der Waals surface area contributed by atoms with Gasteiger partial charge in [-0.25, -0.2) is 0 Å². The number of allylic oxidation sites excluding steroid dienone is 1. The van der Waals surface area contributed by atoms with Crippen LogP contribution >= 0.6 is 0 Å². The summed E-state index contributed by atoms with van der Waals surface area (Å²) < 4.78 is 42.5. The van der Waals surface area contributed by atoms with Gasteiger partial charge in [-0.05, 0) is 64.6 Å². The van der Waals surface area contributed by atoms with E-state index >= 15 is 0 Å². The van der Waals surface area contributed by atoms with Crippen LogP contribution in [0.1, 0.15) is 44.7 Å². The number of aliphatic hydroxyl groups is 2. The molecule has 39 heavy (non-hydrogen) atoms. The van der Waals surface area contributed by atoms with Crippen molar-refractivity contribution in [1.82, 2.24) is 4.98 Å². The van der Waals surface area contributed by atoms with E-state index in [0.717, 1.165) is 16.2 Å². The number of fused-ring (bicyclic) bond motifs is 4. The molecule has 1 atom stereocenters. The number of nitrogens with zero attached hydrogens (tertiary/aromatic N) is 1. The standard InChI is InChI=1S/C27H19F3N.C5H10O2.Ir/c1-16(2)18-9-10-23-19(13-18)11-12-31-26(23)21-14-20-8-7-17-5-3-4-6-22(17)25(20)24(15-21)27(28,29)30;1-4(6)3-5(2)7;/h3-13,15-16H,1-2H3;3-4,6-7H,1-2H3;/q-1;;/b;5-3-;. The Morgan fingerprint density at radius 2 is 1.64 bits per heavy atom. The number of benzene rings is 4. The van der Waals surface area contributed by atoms with Crippen LogP contribution in [0.25, 0.3) is 43.6 Å². The summed E-state index contributed by atoms with van der Waals surface area (Å²) in [5, 5.41) is 20.6. The van der Waals surface area contributed by atoms with E-state index in [2.05, 4.69) is 31.0 Å². The predicted octanol–water partition coefficient (Wildman–Crippen LogP) is 8.98. The van der Waals surface area contributed by atoms with E-state index in [1.165, 1.54) is 24.6 Å². The van der Waals surface area contributed by atoms with Crippen LogP contribution in [0.4, 0.5) is 13.2 Å². The summed E-state index contributed by atoms with van der Waals surface area (Å²) in [5.41, 5.74) is 1.37. The molecule has 5 aromatic rings. The topological polar surface area (TPSA) is 53.4 Å². The molecule has 2 N–H and O–H groups in total. The van der Waals surface area contributed by atoms with Crippen molar-refractivity contribution in [3.8, 4) is 11.3 Å². The van der Waals surface area contributed by atoms with Gasteiger partial charge in [0, 0.05) is 32.0 Å². The summed E-state index contributed by atoms with van der Waals surface area (Å²) in [5.74, 6) is 0.522. The van der Waals surface area contributed by atoms with Gasteiger partial charge in [0.25, 0.3) is 0 Å². The maximum absolute atomic E-state index is 14.2. The monoisotopic (exact) mass is 709 g/mol. The van der Waals surface area contributed by atoms with Gasteiger partial charge in [-0.3, -0.25) is 4.98 Å². The Kier molecular flexibility index (Phi) is 9.55. The van der Waals surface area contributed by atoms with Crippen molar-refractivity contribution in [3.63, 3.8) is 0 Å². The Morgan fingerprint density at radius 1 is 0.923 bits per heavy atom. The molecule has 1 radical (unpaired) electrons. The maximum Gasteiger partial charge on any atom is 0.403 e. The van der Waals surface area contributed by atoms with Crippen LogP contribution in [0.15, 0.2) is 84.8 Å². The van der Waals surface area contributed by atoms with Crippen LogP contribution in [0.2, 0.25) is 0 Å². The molecule has 5 rings (SSSR count). The number of rotatable bonds is 3. The SMILES string of the molecule is C/C(O)=C/C(C)O.CC(C)c1ccc2c(-c3[c-]c4ccc5ccccc5c4c(C(F)(F)F)c3)nccc2c1.[Ir]. The molecule has 1 unspecified atom stereocenters. The van der Waals surface area contributed by atoms with E-state index < -0.39 is 17.8 Å². The Bertz CT molecular complexity index is 1640. The first-order chi connectivity index (χ1) is 18.0. The molecule has 0 amide bonds. The Hall–Kier alpha value is -3.25. The molecular weight excluding hydrogens is 680 g/mol. The van der Waals surface area contributed by atoms with Crippen molar-refractivity contribution < 1.29 is 43.5 Å². The molecule has 7 heteroatoms. The van der Waals surface area contributed by atoms with E-state index in [0.29, 0.717) is 27.9 Å². The molecule has 0 saturated heterocycles. The average molecular weight is 709 g/mol. The molecule has 0 fully saturated rings. The van der Waals surface area contributed by atoms with Gasteiger partial charge in [0.1, 0.15) is 0 Å². The van der Waals surface area contributed by atoms with Crippen LogP contribution < -0.4 is 0 Å². The molecule has 0 saturated carbocycles. The normalized spacial score (nSPS) is 12.8. The molecule has 1 aromatic heterocycles. The van der Waals surface area contributed by atoms with Crippen LogP contribution in [-0.4, -0.2) is 21.3 Å². The Labute approximate surface area is 239 Å². The molecular formula is C32H29F3IrNO2-. The fourth-order valence-corrected chi connectivity index (χ4v) is 4.53. The minimum Gasteiger partial charge on any atom is -0.513 e. The van der Waals surface area contributed by atoms with Crippen molar-refractivity contribution in [2.75, 3.05) is 0 Å². The van der Waals surface area contributed by atoms with Gasteiger partial charge in [0.2, 0.25) is 0 Å².